The Morgan fingerprint density at radius 1 is 1.35 bits per heavy atom. The molecule has 1 aliphatic heterocycles. The highest BCUT2D eigenvalue weighted by atomic mass is 16.4. The number of unbranched alkanes of at least 4 members (excludes halogenated alkanes) is 1. The third-order valence-corrected chi connectivity index (χ3v) is 3.74. The second-order valence-electron chi connectivity index (χ2n) is 4.93. The van der Waals surface area contributed by atoms with Crippen LogP contribution in [-0.2, 0) is 9.59 Å². The van der Waals surface area contributed by atoms with Gasteiger partial charge in [-0.15, -0.1) is 0 Å². The van der Waals surface area contributed by atoms with Crippen LogP contribution in [0.1, 0.15) is 46.0 Å². The number of carboxylic acid groups (broad SMARTS) is 1. The van der Waals surface area contributed by atoms with Crippen molar-refractivity contribution in [2.45, 2.75) is 46.0 Å². The normalized spacial score (nSPS) is 19.1. The third-order valence-electron chi connectivity index (χ3n) is 3.74. The summed E-state index contributed by atoms with van der Waals surface area (Å²) in [6, 6.07) is 0. The standard InChI is InChI=1S/C13H23NO3/c1-3-4-5-12(13(16)17)11-6-8-14(9-7-11)10(2)15/h11-12H,3-9H2,1-2H3,(H,16,17). The largest absolute Gasteiger partial charge is 0.481 e. The number of carbonyl (C=O) groups excluding carboxylic acids is 1. The maximum Gasteiger partial charge on any atom is 0.306 e. The maximum absolute atomic E-state index is 11.2. The summed E-state index contributed by atoms with van der Waals surface area (Å²) in [4.78, 5) is 24.2. The topological polar surface area (TPSA) is 57.6 Å². The maximum atomic E-state index is 11.2. The zero-order chi connectivity index (χ0) is 12.8. The Hall–Kier alpha value is -1.06. The van der Waals surface area contributed by atoms with Crippen molar-refractivity contribution in [1.82, 2.24) is 4.90 Å². The molecule has 0 aliphatic carbocycles. The second-order valence-corrected chi connectivity index (χ2v) is 4.93. The fourth-order valence-corrected chi connectivity index (χ4v) is 2.60. The quantitative estimate of drug-likeness (QED) is 0.802. The van der Waals surface area contributed by atoms with Gasteiger partial charge in [-0.25, -0.2) is 0 Å². The van der Waals surface area contributed by atoms with Gasteiger partial charge in [-0.2, -0.15) is 0 Å². The van der Waals surface area contributed by atoms with Crippen LogP contribution >= 0.6 is 0 Å². The zero-order valence-corrected chi connectivity index (χ0v) is 10.8. The van der Waals surface area contributed by atoms with E-state index in [1.54, 1.807) is 6.92 Å². The summed E-state index contributed by atoms with van der Waals surface area (Å²) < 4.78 is 0. The average molecular weight is 241 g/mol. The number of hydrogen-bond donors (Lipinski definition) is 1. The van der Waals surface area contributed by atoms with E-state index in [1.807, 2.05) is 4.90 Å². The molecular formula is C13H23NO3. The number of piperidine rings is 1. The SMILES string of the molecule is CCCCC(C(=O)O)C1CCN(C(C)=O)CC1. The van der Waals surface area contributed by atoms with E-state index in [0.29, 0.717) is 0 Å². The van der Waals surface area contributed by atoms with Crippen molar-refractivity contribution in [3.05, 3.63) is 0 Å². The first-order valence-corrected chi connectivity index (χ1v) is 6.54. The van der Waals surface area contributed by atoms with Gasteiger partial charge < -0.3 is 10.0 Å². The summed E-state index contributed by atoms with van der Waals surface area (Å²) >= 11 is 0. The van der Waals surface area contributed by atoms with Crippen LogP contribution in [0.3, 0.4) is 0 Å². The van der Waals surface area contributed by atoms with Crippen molar-refractivity contribution in [3.8, 4) is 0 Å². The predicted octanol–water partition coefficient (Wildman–Crippen LogP) is 2.14. The van der Waals surface area contributed by atoms with Crippen molar-refractivity contribution in [1.29, 1.82) is 0 Å². The number of amides is 1. The van der Waals surface area contributed by atoms with E-state index in [0.717, 1.165) is 45.2 Å². The Kier molecular flexibility index (Phi) is 5.45. The second kappa shape index (κ2) is 6.62. The molecule has 1 unspecified atom stereocenters. The fraction of sp³-hybridized carbons (Fsp3) is 0.846. The van der Waals surface area contributed by atoms with Gasteiger partial charge in [0.15, 0.2) is 0 Å². The van der Waals surface area contributed by atoms with Crippen molar-refractivity contribution < 1.29 is 14.7 Å². The summed E-state index contributed by atoms with van der Waals surface area (Å²) in [5.74, 6) is -0.540. The number of hydrogen-bond acceptors (Lipinski definition) is 2. The fourth-order valence-electron chi connectivity index (χ4n) is 2.60. The molecule has 0 bridgehead atoms. The number of nitrogens with zero attached hydrogens (tertiary/aromatic N) is 1. The van der Waals surface area contributed by atoms with E-state index in [9.17, 15) is 14.7 Å². The van der Waals surface area contributed by atoms with Crippen LogP contribution in [0.5, 0.6) is 0 Å². The van der Waals surface area contributed by atoms with Crippen LogP contribution in [-0.4, -0.2) is 35.0 Å². The van der Waals surface area contributed by atoms with Crippen LogP contribution < -0.4 is 0 Å². The summed E-state index contributed by atoms with van der Waals surface area (Å²) in [7, 11) is 0. The van der Waals surface area contributed by atoms with E-state index in [1.165, 1.54) is 0 Å². The number of aliphatic carboxylic acids is 1. The van der Waals surface area contributed by atoms with Gasteiger partial charge in [-0.1, -0.05) is 19.8 Å². The molecule has 1 aliphatic rings. The molecule has 1 fully saturated rings. The van der Waals surface area contributed by atoms with Gasteiger partial charge in [-0.3, -0.25) is 9.59 Å². The molecule has 1 saturated heterocycles. The molecule has 1 heterocycles. The molecule has 1 rings (SSSR count). The summed E-state index contributed by atoms with van der Waals surface area (Å²) in [5, 5.41) is 9.25. The Morgan fingerprint density at radius 3 is 2.35 bits per heavy atom. The van der Waals surface area contributed by atoms with Gasteiger partial charge >= 0.3 is 5.97 Å². The number of carbonyl (C=O) groups is 2. The molecular weight excluding hydrogens is 218 g/mol. The number of likely N-dealkylation sites (tertiary alicyclic amines) is 1. The van der Waals surface area contributed by atoms with Gasteiger partial charge in [0.1, 0.15) is 0 Å². The molecule has 1 atom stereocenters. The number of rotatable bonds is 5. The van der Waals surface area contributed by atoms with Gasteiger partial charge in [0.25, 0.3) is 0 Å². The molecule has 4 heteroatoms. The highest BCUT2D eigenvalue weighted by molar-refractivity contribution is 5.73. The molecule has 0 aromatic carbocycles. The van der Waals surface area contributed by atoms with Gasteiger partial charge in [0, 0.05) is 20.0 Å². The molecule has 0 aromatic heterocycles. The Balaban J connectivity index is 2.48. The van der Waals surface area contributed by atoms with E-state index in [2.05, 4.69) is 6.92 Å². The molecule has 0 spiro atoms. The Labute approximate surface area is 103 Å². The minimum Gasteiger partial charge on any atom is -0.481 e. The first kappa shape index (κ1) is 14.0. The van der Waals surface area contributed by atoms with Crippen LogP contribution in [0.15, 0.2) is 0 Å². The zero-order valence-electron chi connectivity index (χ0n) is 10.8. The number of carboxylic acids is 1. The Bertz CT molecular complexity index is 270. The van der Waals surface area contributed by atoms with Crippen molar-refractivity contribution in [2.24, 2.45) is 11.8 Å². The smallest absolute Gasteiger partial charge is 0.306 e. The van der Waals surface area contributed by atoms with Crippen LogP contribution in [0.25, 0.3) is 0 Å². The van der Waals surface area contributed by atoms with Gasteiger partial charge in [0.2, 0.25) is 5.91 Å². The highest BCUT2D eigenvalue weighted by Crippen LogP contribution is 2.29. The summed E-state index contributed by atoms with van der Waals surface area (Å²) in [6.45, 7) is 5.09. The highest BCUT2D eigenvalue weighted by Gasteiger charge is 2.31. The lowest BCUT2D eigenvalue weighted by Gasteiger charge is -2.34. The van der Waals surface area contributed by atoms with Crippen molar-refractivity contribution in [2.75, 3.05) is 13.1 Å². The lowest BCUT2D eigenvalue weighted by molar-refractivity contribution is -0.145. The molecule has 0 radical (unpaired) electrons. The molecule has 98 valence electrons. The first-order valence-electron chi connectivity index (χ1n) is 6.54. The predicted molar refractivity (Wildman–Crippen MR) is 65.6 cm³/mol. The van der Waals surface area contributed by atoms with Crippen LogP contribution in [0, 0.1) is 11.8 Å². The van der Waals surface area contributed by atoms with E-state index >= 15 is 0 Å². The van der Waals surface area contributed by atoms with Gasteiger partial charge in [0.05, 0.1) is 5.92 Å². The lowest BCUT2D eigenvalue weighted by Crippen LogP contribution is -2.40. The third kappa shape index (κ3) is 4.02. The van der Waals surface area contributed by atoms with E-state index in [-0.39, 0.29) is 17.7 Å². The molecule has 1 amide bonds. The van der Waals surface area contributed by atoms with Gasteiger partial charge in [-0.05, 0) is 25.2 Å². The van der Waals surface area contributed by atoms with Crippen LogP contribution in [0.2, 0.25) is 0 Å². The average Bonchev–Trinajstić information content (AvgIpc) is 2.29. The molecule has 4 nitrogen and oxygen atoms in total. The summed E-state index contributed by atoms with van der Waals surface area (Å²) in [5.41, 5.74) is 0. The van der Waals surface area contributed by atoms with E-state index < -0.39 is 5.97 Å². The Morgan fingerprint density at radius 2 is 1.94 bits per heavy atom. The molecule has 1 N–H and O–H groups in total. The van der Waals surface area contributed by atoms with Crippen molar-refractivity contribution >= 4 is 11.9 Å². The monoisotopic (exact) mass is 241 g/mol. The minimum absolute atomic E-state index is 0.101. The van der Waals surface area contributed by atoms with Crippen LogP contribution in [0.4, 0.5) is 0 Å². The first-order chi connectivity index (χ1) is 8.06. The molecule has 17 heavy (non-hydrogen) atoms. The van der Waals surface area contributed by atoms with E-state index in [4.69, 9.17) is 0 Å². The minimum atomic E-state index is -0.667. The molecule has 0 aromatic rings. The van der Waals surface area contributed by atoms with Crippen molar-refractivity contribution in [3.63, 3.8) is 0 Å². The lowest BCUT2D eigenvalue weighted by atomic mass is 9.81. The molecule has 0 saturated carbocycles. The summed E-state index contributed by atoms with van der Waals surface area (Å²) in [6.07, 6.45) is 4.46.